The Hall–Kier alpha value is -2.43. The Morgan fingerprint density at radius 2 is 1.84 bits per heavy atom. The summed E-state index contributed by atoms with van der Waals surface area (Å²) in [6.07, 6.45) is 0. The molecule has 0 aliphatic rings. The molecule has 0 spiro atoms. The molecule has 0 unspecified atom stereocenters. The molecule has 0 saturated heterocycles. The first-order valence-electron chi connectivity index (χ1n) is 5.74. The molecule has 3 nitrogen and oxygen atoms in total. The summed E-state index contributed by atoms with van der Waals surface area (Å²) in [5.41, 5.74) is 0.735. The van der Waals surface area contributed by atoms with Crippen LogP contribution >= 0.6 is 0 Å². The standard InChI is InChI=1S/C14H10F2N2O/c1-8-7-10(15)11(16)13-12(8)17-14(19)18(13)9-5-3-2-4-6-9/h2-7H,1H3,(H,17,19). The van der Waals surface area contributed by atoms with Crippen molar-refractivity contribution in [3.63, 3.8) is 0 Å². The molecule has 5 heteroatoms. The van der Waals surface area contributed by atoms with Crippen LogP contribution in [0.25, 0.3) is 16.7 Å². The van der Waals surface area contributed by atoms with Gasteiger partial charge >= 0.3 is 5.69 Å². The number of imidazole rings is 1. The van der Waals surface area contributed by atoms with Crippen molar-refractivity contribution in [2.75, 3.05) is 0 Å². The quantitative estimate of drug-likeness (QED) is 0.717. The minimum Gasteiger partial charge on any atom is -0.305 e. The Balaban J connectivity index is 2.50. The van der Waals surface area contributed by atoms with Gasteiger partial charge in [-0.3, -0.25) is 4.57 Å². The molecule has 0 radical (unpaired) electrons. The Bertz CT molecular complexity index is 819. The van der Waals surface area contributed by atoms with E-state index >= 15 is 0 Å². The lowest BCUT2D eigenvalue weighted by Crippen LogP contribution is -2.14. The van der Waals surface area contributed by atoms with Gasteiger partial charge in [-0.25, -0.2) is 13.6 Å². The minimum absolute atomic E-state index is 0.0614. The van der Waals surface area contributed by atoms with Gasteiger partial charge in [0.1, 0.15) is 5.52 Å². The van der Waals surface area contributed by atoms with E-state index in [1.165, 1.54) is 0 Å². The van der Waals surface area contributed by atoms with Gasteiger partial charge in [0.2, 0.25) is 0 Å². The van der Waals surface area contributed by atoms with E-state index in [0.717, 1.165) is 10.6 Å². The van der Waals surface area contributed by atoms with Crippen molar-refractivity contribution >= 4 is 11.0 Å². The summed E-state index contributed by atoms with van der Waals surface area (Å²) in [7, 11) is 0. The SMILES string of the molecule is Cc1cc(F)c(F)c2c1[nH]c(=O)n2-c1ccccc1. The molecule has 0 bridgehead atoms. The second kappa shape index (κ2) is 4.05. The molecule has 0 aliphatic carbocycles. The molecule has 3 aromatic rings. The first kappa shape index (κ1) is 11.6. The first-order chi connectivity index (χ1) is 9.09. The zero-order chi connectivity index (χ0) is 13.6. The number of hydrogen-bond acceptors (Lipinski definition) is 1. The van der Waals surface area contributed by atoms with E-state index in [2.05, 4.69) is 4.98 Å². The number of halogens is 2. The molecule has 0 aliphatic heterocycles. The summed E-state index contributed by atoms with van der Waals surface area (Å²) in [4.78, 5) is 14.5. The lowest BCUT2D eigenvalue weighted by Gasteiger charge is -2.05. The molecule has 3 rings (SSSR count). The summed E-state index contributed by atoms with van der Waals surface area (Å²) >= 11 is 0. The second-order valence-corrected chi connectivity index (χ2v) is 4.31. The predicted octanol–water partition coefficient (Wildman–Crippen LogP) is 2.91. The number of aryl methyl sites for hydroxylation is 1. The zero-order valence-corrected chi connectivity index (χ0v) is 10.1. The first-order valence-corrected chi connectivity index (χ1v) is 5.74. The van der Waals surface area contributed by atoms with Crippen molar-refractivity contribution in [3.05, 3.63) is 64.1 Å². The Labute approximate surface area is 107 Å². The number of nitrogens with one attached hydrogen (secondary N) is 1. The Morgan fingerprint density at radius 1 is 1.16 bits per heavy atom. The molecule has 2 aromatic carbocycles. The molecule has 96 valence electrons. The van der Waals surface area contributed by atoms with Crippen LogP contribution in [0.5, 0.6) is 0 Å². The zero-order valence-electron chi connectivity index (χ0n) is 10.1. The van der Waals surface area contributed by atoms with Crippen LogP contribution in [0.3, 0.4) is 0 Å². The van der Waals surface area contributed by atoms with Crippen LogP contribution in [0.1, 0.15) is 5.56 Å². The average Bonchev–Trinajstić information content (AvgIpc) is 2.75. The molecule has 1 aromatic heterocycles. The van der Waals surface area contributed by atoms with E-state index in [0.29, 0.717) is 16.8 Å². The summed E-state index contributed by atoms with van der Waals surface area (Å²) in [6, 6.07) is 9.63. The monoisotopic (exact) mass is 260 g/mol. The molecular weight excluding hydrogens is 250 g/mol. The fourth-order valence-electron chi connectivity index (χ4n) is 2.19. The number of hydrogen-bond donors (Lipinski definition) is 1. The molecule has 0 fully saturated rings. The van der Waals surface area contributed by atoms with Crippen LogP contribution in [-0.4, -0.2) is 9.55 Å². The molecule has 0 saturated carbocycles. The lowest BCUT2D eigenvalue weighted by molar-refractivity contribution is 0.513. The molecule has 1 N–H and O–H groups in total. The van der Waals surface area contributed by atoms with Gasteiger partial charge in [0.25, 0.3) is 0 Å². The largest absolute Gasteiger partial charge is 0.331 e. The number of para-hydroxylation sites is 1. The van der Waals surface area contributed by atoms with Crippen molar-refractivity contribution in [2.45, 2.75) is 6.92 Å². The van der Waals surface area contributed by atoms with E-state index in [1.54, 1.807) is 37.3 Å². The van der Waals surface area contributed by atoms with Crippen molar-refractivity contribution in [1.29, 1.82) is 0 Å². The molecule has 0 atom stereocenters. The number of nitrogens with zero attached hydrogens (tertiary/aromatic N) is 1. The van der Waals surface area contributed by atoms with E-state index in [9.17, 15) is 13.6 Å². The average molecular weight is 260 g/mol. The maximum Gasteiger partial charge on any atom is 0.331 e. The summed E-state index contributed by atoms with van der Waals surface area (Å²) in [5, 5.41) is 0. The normalized spacial score (nSPS) is 11.1. The van der Waals surface area contributed by atoms with Gasteiger partial charge in [-0.05, 0) is 30.7 Å². The Kier molecular flexibility index (Phi) is 2.48. The van der Waals surface area contributed by atoms with Crippen molar-refractivity contribution in [2.24, 2.45) is 0 Å². The van der Waals surface area contributed by atoms with Gasteiger partial charge in [0.05, 0.1) is 11.2 Å². The van der Waals surface area contributed by atoms with Gasteiger partial charge in [-0.15, -0.1) is 0 Å². The number of aromatic amines is 1. The van der Waals surface area contributed by atoms with Crippen molar-refractivity contribution in [1.82, 2.24) is 9.55 Å². The van der Waals surface area contributed by atoms with Crippen LogP contribution in [0, 0.1) is 18.6 Å². The van der Waals surface area contributed by atoms with Gasteiger partial charge in [0, 0.05) is 0 Å². The minimum atomic E-state index is -1.03. The molecule has 0 amide bonds. The third kappa shape index (κ3) is 1.66. The molecule has 1 heterocycles. The van der Waals surface area contributed by atoms with E-state index in [1.807, 2.05) is 0 Å². The van der Waals surface area contributed by atoms with Crippen LogP contribution in [0.15, 0.2) is 41.2 Å². The van der Waals surface area contributed by atoms with Gasteiger partial charge in [0.15, 0.2) is 11.6 Å². The highest BCUT2D eigenvalue weighted by Crippen LogP contribution is 2.23. The van der Waals surface area contributed by atoms with E-state index in [4.69, 9.17) is 0 Å². The number of benzene rings is 2. The lowest BCUT2D eigenvalue weighted by atomic mass is 10.2. The van der Waals surface area contributed by atoms with Crippen LogP contribution < -0.4 is 5.69 Å². The van der Waals surface area contributed by atoms with Crippen molar-refractivity contribution < 1.29 is 8.78 Å². The fourth-order valence-corrected chi connectivity index (χ4v) is 2.19. The van der Waals surface area contributed by atoms with Crippen LogP contribution in [-0.2, 0) is 0 Å². The topological polar surface area (TPSA) is 37.8 Å². The smallest absolute Gasteiger partial charge is 0.305 e. The second-order valence-electron chi connectivity index (χ2n) is 4.31. The maximum atomic E-state index is 14.0. The Morgan fingerprint density at radius 3 is 2.53 bits per heavy atom. The van der Waals surface area contributed by atoms with Gasteiger partial charge < -0.3 is 4.98 Å². The highest BCUT2D eigenvalue weighted by Gasteiger charge is 2.18. The number of aromatic nitrogens is 2. The summed E-state index contributed by atoms with van der Waals surface area (Å²) in [5.74, 6) is -1.99. The van der Waals surface area contributed by atoms with Crippen molar-refractivity contribution in [3.8, 4) is 5.69 Å². The highest BCUT2D eigenvalue weighted by molar-refractivity contribution is 5.81. The van der Waals surface area contributed by atoms with Gasteiger partial charge in [-0.1, -0.05) is 18.2 Å². The van der Waals surface area contributed by atoms with E-state index < -0.39 is 17.3 Å². The van der Waals surface area contributed by atoms with Crippen LogP contribution in [0.4, 0.5) is 8.78 Å². The van der Waals surface area contributed by atoms with E-state index in [-0.39, 0.29) is 5.52 Å². The third-order valence-corrected chi connectivity index (χ3v) is 3.06. The summed E-state index contributed by atoms with van der Waals surface area (Å²) in [6.45, 7) is 1.62. The highest BCUT2D eigenvalue weighted by atomic mass is 19.2. The van der Waals surface area contributed by atoms with Gasteiger partial charge in [-0.2, -0.15) is 0 Å². The fraction of sp³-hybridized carbons (Fsp3) is 0.0714. The predicted molar refractivity (Wildman–Crippen MR) is 68.5 cm³/mol. The molecular formula is C14H10F2N2O. The summed E-state index contributed by atoms with van der Waals surface area (Å²) < 4.78 is 28.6. The number of fused-ring (bicyclic) bond motifs is 1. The van der Waals surface area contributed by atoms with Crippen LogP contribution in [0.2, 0.25) is 0 Å². The third-order valence-electron chi connectivity index (χ3n) is 3.06. The molecule has 19 heavy (non-hydrogen) atoms. The number of rotatable bonds is 1. The maximum absolute atomic E-state index is 14.0. The number of H-pyrrole nitrogens is 1.